The van der Waals surface area contributed by atoms with Crippen molar-refractivity contribution in [3.8, 4) is 16.9 Å². The normalized spacial score (nSPS) is 13.0. The zero-order valence-corrected chi connectivity index (χ0v) is 14.1. The molecule has 25 heavy (non-hydrogen) atoms. The van der Waals surface area contributed by atoms with Crippen LogP contribution >= 0.6 is 0 Å². The summed E-state index contributed by atoms with van der Waals surface area (Å²) in [6.45, 7) is 1.94. The van der Waals surface area contributed by atoms with E-state index in [2.05, 4.69) is 24.3 Å². The number of hydrogen-bond acceptors (Lipinski definition) is 3. The zero-order chi connectivity index (χ0) is 17.6. The minimum absolute atomic E-state index is 0.138. The molecule has 2 N–H and O–H groups in total. The van der Waals surface area contributed by atoms with E-state index in [0.717, 1.165) is 16.7 Å². The molecular formula is C22H21NO2. The Hall–Kier alpha value is -2.91. The van der Waals surface area contributed by atoms with E-state index in [1.165, 1.54) is 0 Å². The molecule has 2 atom stereocenters. The van der Waals surface area contributed by atoms with E-state index in [1.54, 1.807) is 12.1 Å². The third-order valence-electron chi connectivity index (χ3n) is 4.32. The first-order valence-corrected chi connectivity index (χ1v) is 8.33. The van der Waals surface area contributed by atoms with Gasteiger partial charge in [-0.1, -0.05) is 79.7 Å². The van der Waals surface area contributed by atoms with Gasteiger partial charge in [-0.15, -0.1) is 0 Å². The summed E-state index contributed by atoms with van der Waals surface area (Å²) in [5.41, 5.74) is 9.42. The van der Waals surface area contributed by atoms with Crippen LogP contribution in [0, 0.1) is 0 Å². The predicted octanol–water partition coefficient (Wildman–Crippen LogP) is 4.39. The Labute approximate surface area is 148 Å². The zero-order valence-electron chi connectivity index (χ0n) is 14.1. The Morgan fingerprint density at radius 3 is 1.92 bits per heavy atom. The standard InChI is InChI=1S/C22H21NO2/c1-16(21(23)22(24)25-20-10-6-3-7-11-20)17-12-14-19(15-13-17)18-8-4-2-5-9-18/h2-16,21H,23H2,1H3. The number of carbonyl (C=O) groups is 1. The quantitative estimate of drug-likeness (QED) is 0.557. The van der Waals surface area contributed by atoms with Crippen molar-refractivity contribution in [1.82, 2.24) is 0 Å². The van der Waals surface area contributed by atoms with Gasteiger partial charge in [0.1, 0.15) is 11.8 Å². The molecule has 0 bridgehead atoms. The minimum atomic E-state index is -0.720. The van der Waals surface area contributed by atoms with E-state index < -0.39 is 12.0 Å². The third kappa shape index (κ3) is 4.14. The Kier molecular flexibility index (Phi) is 5.26. The number of benzene rings is 3. The largest absolute Gasteiger partial charge is 0.425 e. The average molecular weight is 331 g/mol. The summed E-state index contributed by atoms with van der Waals surface area (Å²) < 4.78 is 5.35. The molecule has 0 aliphatic heterocycles. The van der Waals surface area contributed by atoms with Crippen molar-refractivity contribution in [3.63, 3.8) is 0 Å². The molecule has 0 spiro atoms. The fraction of sp³-hybridized carbons (Fsp3) is 0.136. The lowest BCUT2D eigenvalue weighted by molar-refractivity contribution is -0.136. The van der Waals surface area contributed by atoms with Crippen LogP contribution < -0.4 is 10.5 Å². The molecule has 0 saturated heterocycles. The van der Waals surface area contributed by atoms with Gasteiger partial charge in [0.05, 0.1) is 0 Å². The number of para-hydroxylation sites is 1. The SMILES string of the molecule is CC(c1ccc(-c2ccccc2)cc1)C(N)C(=O)Oc1ccccc1. The molecule has 0 aliphatic rings. The molecule has 0 aliphatic carbocycles. The molecule has 0 aromatic heterocycles. The fourth-order valence-electron chi connectivity index (χ4n) is 2.69. The average Bonchev–Trinajstić information content (AvgIpc) is 2.68. The molecule has 0 radical (unpaired) electrons. The maximum Gasteiger partial charge on any atom is 0.328 e. The van der Waals surface area contributed by atoms with Gasteiger partial charge in [-0.2, -0.15) is 0 Å². The highest BCUT2D eigenvalue weighted by atomic mass is 16.5. The number of nitrogens with two attached hydrogens (primary N) is 1. The van der Waals surface area contributed by atoms with Crippen molar-refractivity contribution < 1.29 is 9.53 Å². The molecule has 126 valence electrons. The lowest BCUT2D eigenvalue weighted by atomic mass is 9.92. The summed E-state index contributed by atoms with van der Waals surface area (Å²) in [6, 6.07) is 26.6. The topological polar surface area (TPSA) is 52.3 Å². The number of ether oxygens (including phenoxy) is 1. The van der Waals surface area contributed by atoms with Crippen LogP contribution in [0.25, 0.3) is 11.1 Å². The molecule has 3 heteroatoms. The molecule has 0 heterocycles. The van der Waals surface area contributed by atoms with Gasteiger partial charge in [0.25, 0.3) is 0 Å². The first kappa shape index (κ1) is 16.9. The van der Waals surface area contributed by atoms with Crippen LogP contribution in [0.15, 0.2) is 84.9 Å². The van der Waals surface area contributed by atoms with Crippen molar-refractivity contribution in [1.29, 1.82) is 0 Å². The van der Waals surface area contributed by atoms with E-state index >= 15 is 0 Å². The van der Waals surface area contributed by atoms with Crippen LogP contribution in [0.4, 0.5) is 0 Å². The van der Waals surface area contributed by atoms with Gasteiger partial charge in [0.15, 0.2) is 0 Å². The summed E-state index contributed by atoms with van der Waals surface area (Å²) in [7, 11) is 0. The van der Waals surface area contributed by atoms with Gasteiger partial charge in [-0.25, -0.2) is 4.79 Å². The molecule has 3 aromatic carbocycles. The van der Waals surface area contributed by atoms with Crippen molar-refractivity contribution >= 4 is 5.97 Å². The Morgan fingerprint density at radius 2 is 1.32 bits per heavy atom. The van der Waals surface area contributed by atoms with E-state index in [4.69, 9.17) is 10.5 Å². The predicted molar refractivity (Wildman–Crippen MR) is 100 cm³/mol. The highest BCUT2D eigenvalue weighted by Crippen LogP contribution is 2.24. The molecule has 2 unspecified atom stereocenters. The highest BCUT2D eigenvalue weighted by Gasteiger charge is 2.24. The van der Waals surface area contributed by atoms with Crippen LogP contribution in [0.1, 0.15) is 18.4 Å². The maximum atomic E-state index is 12.3. The molecule has 3 aromatic rings. The number of hydrogen-bond donors (Lipinski definition) is 1. The van der Waals surface area contributed by atoms with E-state index in [1.807, 2.05) is 55.5 Å². The van der Waals surface area contributed by atoms with Crippen LogP contribution in [0.2, 0.25) is 0 Å². The first-order valence-electron chi connectivity index (χ1n) is 8.33. The van der Waals surface area contributed by atoms with Crippen molar-refractivity contribution in [3.05, 3.63) is 90.5 Å². The summed E-state index contributed by atoms with van der Waals surface area (Å²) in [5.74, 6) is -0.0542. The van der Waals surface area contributed by atoms with Gasteiger partial charge in [-0.3, -0.25) is 0 Å². The summed E-state index contributed by atoms with van der Waals surface area (Å²) >= 11 is 0. The van der Waals surface area contributed by atoms with E-state index in [-0.39, 0.29) is 5.92 Å². The van der Waals surface area contributed by atoms with Gasteiger partial charge in [0.2, 0.25) is 0 Å². The number of rotatable bonds is 5. The van der Waals surface area contributed by atoms with Gasteiger partial charge < -0.3 is 10.5 Å². The summed E-state index contributed by atoms with van der Waals surface area (Å²) in [5, 5.41) is 0. The summed E-state index contributed by atoms with van der Waals surface area (Å²) in [4.78, 5) is 12.3. The minimum Gasteiger partial charge on any atom is -0.425 e. The Balaban J connectivity index is 1.69. The van der Waals surface area contributed by atoms with Crippen LogP contribution in [0.5, 0.6) is 5.75 Å². The first-order chi connectivity index (χ1) is 12.1. The summed E-state index contributed by atoms with van der Waals surface area (Å²) in [6.07, 6.45) is 0. The Bertz CT molecular complexity index is 814. The van der Waals surface area contributed by atoms with Gasteiger partial charge >= 0.3 is 5.97 Å². The molecule has 0 fully saturated rings. The molecular weight excluding hydrogens is 310 g/mol. The second-order valence-corrected chi connectivity index (χ2v) is 6.04. The number of carbonyl (C=O) groups excluding carboxylic acids is 1. The lowest BCUT2D eigenvalue weighted by Crippen LogP contribution is -2.38. The van der Waals surface area contributed by atoms with Crippen molar-refractivity contribution in [2.45, 2.75) is 18.9 Å². The molecule has 0 amide bonds. The van der Waals surface area contributed by atoms with E-state index in [0.29, 0.717) is 5.75 Å². The van der Waals surface area contributed by atoms with Crippen molar-refractivity contribution in [2.24, 2.45) is 5.73 Å². The number of esters is 1. The van der Waals surface area contributed by atoms with Gasteiger partial charge in [0, 0.05) is 5.92 Å². The lowest BCUT2D eigenvalue weighted by Gasteiger charge is -2.19. The van der Waals surface area contributed by atoms with Gasteiger partial charge in [-0.05, 0) is 28.8 Å². The Morgan fingerprint density at radius 1 is 0.800 bits per heavy atom. The fourth-order valence-corrected chi connectivity index (χ4v) is 2.69. The monoisotopic (exact) mass is 331 g/mol. The molecule has 0 saturated carbocycles. The smallest absolute Gasteiger partial charge is 0.328 e. The van der Waals surface area contributed by atoms with Crippen LogP contribution in [-0.2, 0) is 4.79 Å². The third-order valence-corrected chi connectivity index (χ3v) is 4.32. The van der Waals surface area contributed by atoms with Crippen LogP contribution in [-0.4, -0.2) is 12.0 Å². The van der Waals surface area contributed by atoms with E-state index in [9.17, 15) is 4.79 Å². The highest BCUT2D eigenvalue weighted by molar-refractivity contribution is 5.79. The molecule has 3 nitrogen and oxygen atoms in total. The molecule has 3 rings (SSSR count). The van der Waals surface area contributed by atoms with Crippen molar-refractivity contribution in [2.75, 3.05) is 0 Å². The van der Waals surface area contributed by atoms with Crippen LogP contribution in [0.3, 0.4) is 0 Å². The maximum absolute atomic E-state index is 12.3. The second-order valence-electron chi connectivity index (χ2n) is 6.04. The second kappa shape index (κ2) is 7.77.